The maximum Gasteiger partial charge on any atom is 0.0292 e. The highest BCUT2D eigenvalue weighted by molar-refractivity contribution is 9.10. The smallest absolute Gasteiger partial charge is 0.0292 e. The number of hydrogen-bond donors (Lipinski definition) is 1. The molecule has 0 radical (unpaired) electrons. The van der Waals surface area contributed by atoms with Crippen molar-refractivity contribution in [2.24, 2.45) is 0 Å². The van der Waals surface area contributed by atoms with Crippen LogP contribution in [0.3, 0.4) is 0 Å². The molecule has 0 heterocycles. The molecule has 17 heavy (non-hydrogen) atoms. The molecule has 1 aromatic rings. The van der Waals surface area contributed by atoms with E-state index in [1.54, 1.807) is 0 Å². The Hall–Kier alpha value is -0.600. The van der Waals surface area contributed by atoms with Crippen molar-refractivity contribution >= 4 is 15.9 Å². The van der Waals surface area contributed by atoms with E-state index in [0.717, 1.165) is 17.4 Å². The Morgan fingerprint density at radius 1 is 1.29 bits per heavy atom. The summed E-state index contributed by atoms with van der Waals surface area (Å²) in [5.74, 6) is 0. The topological polar surface area (TPSA) is 12.0 Å². The lowest BCUT2D eigenvalue weighted by Crippen LogP contribution is -2.30. The van der Waals surface area contributed by atoms with E-state index in [4.69, 9.17) is 0 Å². The minimum absolute atomic E-state index is 0.445. The Kier molecular flexibility index (Phi) is 6.53. The quantitative estimate of drug-likeness (QED) is 0.771. The first kappa shape index (κ1) is 14.5. The van der Waals surface area contributed by atoms with Crippen molar-refractivity contribution in [1.82, 2.24) is 5.32 Å². The number of halogens is 1. The normalized spacial score (nSPS) is 12.2. The predicted molar refractivity (Wildman–Crippen MR) is 79.4 cm³/mol. The van der Waals surface area contributed by atoms with E-state index < -0.39 is 0 Å². The lowest BCUT2D eigenvalue weighted by molar-refractivity contribution is 0.582. The van der Waals surface area contributed by atoms with Crippen LogP contribution in [-0.2, 0) is 6.42 Å². The van der Waals surface area contributed by atoms with Crippen LogP contribution in [0.1, 0.15) is 32.8 Å². The van der Waals surface area contributed by atoms with Gasteiger partial charge in [-0.3, -0.25) is 0 Å². The van der Waals surface area contributed by atoms with E-state index in [0.29, 0.717) is 6.04 Å². The van der Waals surface area contributed by atoms with E-state index in [1.165, 1.54) is 17.6 Å². The Labute approximate surface area is 113 Å². The summed E-state index contributed by atoms with van der Waals surface area (Å²) in [4.78, 5) is 0. The lowest BCUT2D eigenvalue weighted by Gasteiger charge is -2.15. The maximum atomic E-state index is 3.58. The van der Waals surface area contributed by atoms with Crippen LogP contribution in [0, 0.1) is 0 Å². The zero-order valence-electron chi connectivity index (χ0n) is 11.0. The molecule has 0 aliphatic carbocycles. The minimum Gasteiger partial charge on any atom is -0.310 e. The summed E-state index contributed by atoms with van der Waals surface area (Å²) in [6.07, 6.45) is 4.55. The highest BCUT2D eigenvalue weighted by atomic mass is 79.9. The molecule has 1 rings (SSSR count). The minimum atomic E-state index is 0.445. The first-order valence-corrected chi connectivity index (χ1v) is 7.04. The van der Waals surface area contributed by atoms with Crippen LogP contribution in [-0.4, -0.2) is 12.6 Å². The number of allylic oxidation sites excluding steroid dienone is 1. The van der Waals surface area contributed by atoms with Crippen molar-refractivity contribution in [3.63, 3.8) is 0 Å². The summed E-state index contributed by atoms with van der Waals surface area (Å²) in [6.45, 7) is 7.58. The van der Waals surface area contributed by atoms with Crippen LogP contribution in [0.25, 0.3) is 0 Å². The molecule has 94 valence electrons. The molecule has 0 aliphatic heterocycles. The zero-order chi connectivity index (χ0) is 12.7. The van der Waals surface area contributed by atoms with Gasteiger partial charge in [-0.2, -0.15) is 0 Å². The second-order valence-electron chi connectivity index (χ2n) is 4.64. The molecule has 1 atom stereocenters. The molecule has 0 saturated carbocycles. The fourth-order valence-electron chi connectivity index (χ4n) is 1.80. The van der Waals surface area contributed by atoms with Gasteiger partial charge in [-0.25, -0.2) is 0 Å². The van der Waals surface area contributed by atoms with Gasteiger partial charge >= 0.3 is 0 Å². The molecule has 0 amide bonds. The third-order valence-electron chi connectivity index (χ3n) is 2.56. The zero-order valence-corrected chi connectivity index (χ0v) is 12.5. The van der Waals surface area contributed by atoms with Gasteiger partial charge in [0.15, 0.2) is 0 Å². The largest absolute Gasteiger partial charge is 0.310 e. The van der Waals surface area contributed by atoms with Gasteiger partial charge in [-0.1, -0.05) is 46.6 Å². The van der Waals surface area contributed by atoms with Crippen LogP contribution in [0.2, 0.25) is 0 Å². The van der Waals surface area contributed by atoms with Crippen molar-refractivity contribution in [3.05, 3.63) is 46.0 Å². The third-order valence-corrected chi connectivity index (χ3v) is 3.09. The Bertz CT molecular complexity index is 350. The lowest BCUT2D eigenvalue weighted by atomic mass is 10.0. The molecular formula is C15H22BrN. The molecule has 1 N–H and O–H groups in total. The van der Waals surface area contributed by atoms with Crippen molar-refractivity contribution in [2.75, 3.05) is 6.54 Å². The fraction of sp³-hybridized carbons (Fsp3) is 0.467. The standard InChI is InChI=1S/C15H22BrN/c1-4-9-17-15(10-12(2)3)11-13-5-7-14(16)8-6-13/h5-8,10,15,17H,4,9,11H2,1-3H3. The van der Waals surface area contributed by atoms with E-state index in [2.05, 4.69) is 72.4 Å². The van der Waals surface area contributed by atoms with Gasteiger partial charge in [-0.05, 0) is 50.9 Å². The maximum absolute atomic E-state index is 3.58. The summed E-state index contributed by atoms with van der Waals surface area (Å²) in [7, 11) is 0. The van der Waals surface area contributed by atoms with Crippen LogP contribution < -0.4 is 5.32 Å². The molecule has 1 unspecified atom stereocenters. The van der Waals surface area contributed by atoms with Crippen molar-refractivity contribution in [2.45, 2.75) is 39.7 Å². The predicted octanol–water partition coefficient (Wildman–Crippen LogP) is 4.33. The van der Waals surface area contributed by atoms with E-state index in [9.17, 15) is 0 Å². The summed E-state index contributed by atoms with van der Waals surface area (Å²) in [5.41, 5.74) is 2.75. The average molecular weight is 296 g/mol. The summed E-state index contributed by atoms with van der Waals surface area (Å²) < 4.78 is 1.14. The summed E-state index contributed by atoms with van der Waals surface area (Å²) in [6, 6.07) is 9.03. The van der Waals surface area contributed by atoms with Gasteiger partial charge in [0.1, 0.15) is 0 Å². The van der Waals surface area contributed by atoms with Gasteiger partial charge < -0.3 is 5.32 Å². The molecule has 2 heteroatoms. The molecule has 0 saturated heterocycles. The van der Waals surface area contributed by atoms with Crippen LogP contribution in [0.5, 0.6) is 0 Å². The monoisotopic (exact) mass is 295 g/mol. The number of nitrogens with one attached hydrogen (secondary N) is 1. The van der Waals surface area contributed by atoms with Crippen molar-refractivity contribution in [3.8, 4) is 0 Å². The van der Waals surface area contributed by atoms with E-state index in [1.807, 2.05) is 0 Å². The molecule has 0 spiro atoms. The van der Waals surface area contributed by atoms with Gasteiger partial charge in [0.05, 0.1) is 0 Å². The summed E-state index contributed by atoms with van der Waals surface area (Å²) >= 11 is 3.47. The van der Waals surface area contributed by atoms with Crippen LogP contribution >= 0.6 is 15.9 Å². The Morgan fingerprint density at radius 3 is 2.47 bits per heavy atom. The van der Waals surface area contributed by atoms with Gasteiger partial charge in [0, 0.05) is 10.5 Å². The summed E-state index contributed by atoms with van der Waals surface area (Å²) in [5, 5.41) is 3.58. The van der Waals surface area contributed by atoms with E-state index in [-0.39, 0.29) is 0 Å². The molecule has 1 aromatic carbocycles. The number of benzene rings is 1. The van der Waals surface area contributed by atoms with Crippen LogP contribution in [0.15, 0.2) is 40.4 Å². The van der Waals surface area contributed by atoms with Gasteiger partial charge in [0.2, 0.25) is 0 Å². The first-order valence-electron chi connectivity index (χ1n) is 6.24. The van der Waals surface area contributed by atoms with Crippen molar-refractivity contribution < 1.29 is 0 Å². The molecule has 0 fully saturated rings. The molecule has 0 bridgehead atoms. The highest BCUT2D eigenvalue weighted by Gasteiger charge is 2.05. The highest BCUT2D eigenvalue weighted by Crippen LogP contribution is 2.12. The second kappa shape index (κ2) is 7.67. The van der Waals surface area contributed by atoms with Crippen LogP contribution in [0.4, 0.5) is 0 Å². The molecule has 0 aromatic heterocycles. The van der Waals surface area contributed by atoms with Gasteiger partial charge in [-0.15, -0.1) is 0 Å². The van der Waals surface area contributed by atoms with Crippen molar-refractivity contribution in [1.29, 1.82) is 0 Å². The fourth-order valence-corrected chi connectivity index (χ4v) is 2.06. The molecule has 0 aliphatic rings. The number of rotatable bonds is 6. The average Bonchev–Trinajstić information content (AvgIpc) is 2.28. The Morgan fingerprint density at radius 2 is 1.94 bits per heavy atom. The molecular weight excluding hydrogens is 274 g/mol. The third kappa shape index (κ3) is 6.04. The van der Waals surface area contributed by atoms with Gasteiger partial charge in [0.25, 0.3) is 0 Å². The molecule has 1 nitrogen and oxygen atoms in total. The SMILES string of the molecule is CCCNC(C=C(C)C)Cc1ccc(Br)cc1. The second-order valence-corrected chi connectivity index (χ2v) is 5.55. The Balaban J connectivity index is 2.64. The first-order chi connectivity index (χ1) is 8.11. The van der Waals surface area contributed by atoms with E-state index >= 15 is 0 Å². The number of hydrogen-bond acceptors (Lipinski definition) is 1.